The van der Waals surface area contributed by atoms with Gasteiger partial charge >= 0.3 is 65.2 Å². The fraction of sp³-hybridized carbons (Fsp3) is 0.392. The van der Waals surface area contributed by atoms with Gasteiger partial charge in [-0.2, -0.15) is 9.59 Å². The number of fused-ring (bicyclic) bond motifs is 5. The summed E-state index contributed by atoms with van der Waals surface area (Å²) in [5.41, 5.74) is 4.19. The molecule has 15 nitrogen and oxygen atoms in total. The zero-order valence-corrected chi connectivity index (χ0v) is 55.7. The van der Waals surface area contributed by atoms with Crippen molar-refractivity contribution in [2.24, 2.45) is 10.8 Å². The van der Waals surface area contributed by atoms with E-state index in [2.05, 4.69) is 96.5 Å². The van der Waals surface area contributed by atoms with Crippen molar-refractivity contribution in [3.8, 4) is 47.9 Å². The van der Waals surface area contributed by atoms with Crippen LogP contribution >= 0.6 is 0 Å². The van der Waals surface area contributed by atoms with Crippen molar-refractivity contribution >= 4 is 35.8 Å². The van der Waals surface area contributed by atoms with Gasteiger partial charge < -0.3 is 33.2 Å². The molecular formula is C74H85NaO15. The number of esters is 4. The molecule has 0 N–H and O–H groups in total. The normalized spacial score (nSPS) is 18.7. The molecule has 4 bridgehead atoms. The molecule has 16 heteroatoms. The molecule has 0 unspecified atom stereocenters. The molecule has 11 rings (SSSR count). The Morgan fingerprint density at radius 3 is 1.42 bits per heavy atom. The molecule has 472 valence electrons. The maximum absolute atomic E-state index is 12.2. The van der Waals surface area contributed by atoms with Gasteiger partial charge in [0.1, 0.15) is 11.3 Å². The molecule has 0 amide bonds. The zero-order chi connectivity index (χ0) is 66.0. The van der Waals surface area contributed by atoms with E-state index in [0.717, 1.165) is 75.3 Å². The van der Waals surface area contributed by atoms with Gasteiger partial charge in [-0.15, -0.1) is 19.5 Å². The number of Topliss-reactive ketones (excluding diaryl/α,β-unsaturated/α-hetero) is 1. The standard InChI is InChI=1S/C17H22O2.C17H20O2.C14H12O4.C9H16O3.C8H8O.C6H2.C2H5O.CO2.Na/c2*1-2-19-15(18)17-11-8-16(9-12-17,10-13-17)14-6-4-3-5-7-14;1-2-17-13(15)11-8-9-12(18-14(11)16)10-6-4-3-5-7-10;1-4-8(7-11-5-2)9(10)12-6-3;1-7(9)8-5-3-2-4-6-8;1-3-5-6-4-2;1-2-3;2-1-3;/h3-7H,2,8-13H2,1H3;3-8,11H,2,9-10,12-13H2,1H3;3-9H,2H2,1H3;7H,4-6H2,1-3H3;2-6H,1H3;1-2H;2H2,1H3;;/q;;;;;;-1;;+1/b;;;8-7-;;;;;. The Bertz CT molecular complexity index is 3210. The van der Waals surface area contributed by atoms with E-state index in [9.17, 15) is 28.8 Å². The second kappa shape index (κ2) is 44.2. The summed E-state index contributed by atoms with van der Waals surface area (Å²) in [5, 5.41) is 8.93. The molecule has 6 aliphatic rings. The van der Waals surface area contributed by atoms with Crippen LogP contribution in [0.25, 0.3) is 11.3 Å². The SMILES string of the molecule is C#CC#CC#C.CC(=O)c1ccccc1.CCO/C=C(/CC)C(=O)OCC.CCOC(=O)C12C=CC(c3ccccc3)(CC1)CC2.CCOC(=O)C12CCC(c3ccccc3)(CC1)CC2.CCOC(=O)c1ccc(-c2ccccc2)oc1=O.CC[O-].O=C=O.[Na+]. The minimum absolute atomic E-state index is 0. The van der Waals surface area contributed by atoms with Gasteiger partial charge in [0.15, 0.2) is 5.78 Å². The van der Waals surface area contributed by atoms with Crippen LogP contribution in [0, 0.1) is 47.4 Å². The Kier molecular flexibility index (Phi) is 39.1. The van der Waals surface area contributed by atoms with Gasteiger partial charge in [0.05, 0.1) is 55.7 Å². The zero-order valence-electron chi connectivity index (χ0n) is 53.7. The summed E-state index contributed by atoms with van der Waals surface area (Å²) in [7, 11) is 0. The van der Waals surface area contributed by atoms with Gasteiger partial charge in [0.25, 0.3) is 0 Å². The van der Waals surface area contributed by atoms with Crippen molar-refractivity contribution in [2.75, 3.05) is 39.6 Å². The van der Waals surface area contributed by atoms with Crippen LogP contribution in [0.4, 0.5) is 0 Å². The van der Waals surface area contributed by atoms with Gasteiger partial charge in [-0.3, -0.25) is 14.4 Å². The molecule has 0 spiro atoms. The minimum Gasteiger partial charge on any atom is -0.855 e. The number of benzene rings is 4. The number of rotatable bonds is 15. The van der Waals surface area contributed by atoms with Gasteiger partial charge in [-0.05, 0) is 165 Å². The molecule has 90 heavy (non-hydrogen) atoms. The summed E-state index contributed by atoms with van der Waals surface area (Å²) in [6, 6.07) is 42.9. The molecule has 4 saturated carbocycles. The molecule has 0 aliphatic heterocycles. The van der Waals surface area contributed by atoms with Crippen LogP contribution in [0.2, 0.25) is 0 Å². The van der Waals surface area contributed by atoms with Gasteiger partial charge in [0.2, 0.25) is 0 Å². The van der Waals surface area contributed by atoms with Crippen molar-refractivity contribution in [2.45, 2.75) is 137 Å². The average Bonchev–Trinajstić information content (AvgIpc) is 0.767. The predicted molar refractivity (Wildman–Crippen MR) is 340 cm³/mol. The van der Waals surface area contributed by atoms with Crippen LogP contribution in [-0.4, -0.2) is 75.5 Å². The molecule has 4 aromatic carbocycles. The average molecular weight is 1240 g/mol. The Morgan fingerprint density at radius 1 is 0.567 bits per heavy atom. The largest absolute Gasteiger partial charge is 1.00 e. The van der Waals surface area contributed by atoms with E-state index >= 15 is 0 Å². The molecule has 5 aromatic rings. The number of hydrogen-bond acceptors (Lipinski definition) is 15. The quantitative estimate of drug-likeness (QED) is 0.0139. The third kappa shape index (κ3) is 25.3. The van der Waals surface area contributed by atoms with Crippen molar-refractivity contribution in [1.82, 2.24) is 0 Å². The summed E-state index contributed by atoms with van der Waals surface area (Å²) in [5.74, 6) is 8.23. The Balaban J connectivity index is 0.000000546. The Labute approximate surface area is 554 Å². The first kappa shape index (κ1) is 79.7. The van der Waals surface area contributed by atoms with E-state index in [1.54, 1.807) is 33.8 Å². The van der Waals surface area contributed by atoms with Crippen molar-refractivity contribution < 1.29 is 96.3 Å². The molecule has 0 atom stereocenters. The van der Waals surface area contributed by atoms with E-state index < -0.39 is 11.6 Å². The maximum Gasteiger partial charge on any atom is 1.00 e. The predicted octanol–water partition coefficient (Wildman–Crippen LogP) is 9.76. The fourth-order valence-electron chi connectivity index (χ4n) is 10.5. The van der Waals surface area contributed by atoms with Gasteiger partial charge in [0, 0.05) is 16.5 Å². The first-order chi connectivity index (χ1) is 42.9. The van der Waals surface area contributed by atoms with E-state index in [0.29, 0.717) is 49.6 Å². The second-order valence-electron chi connectivity index (χ2n) is 20.5. The van der Waals surface area contributed by atoms with Crippen molar-refractivity contribution in [1.29, 1.82) is 0 Å². The molecule has 0 saturated heterocycles. The smallest absolute Gasteiger partial charge is 0.855 e. The number of hydrogen-bond donors (Lipinski definition) is 0. The Morgan fingerprint density at radius 2 is 1.02 bits per heavy atom. The monoisotopic (exact) mass is 1240 g/mol. The van der Waals surface area contributed by atoms with Crippen LogP contribution in [0.15, 0.2) is 167 Å². The second-order valence-corrected chi connectivity index (χ2v) is 20.5. The van der Waals surface area contributed by atoms with Gasteiger partial charge in [-0.25, -0.2) is 14.4 Å². The van der Waals surface area contributed by atoms with Crippen molar-refractivity contribution in [3.05, 3.63) is 190 Å². The molecule has 4 fully saturated rings. The summed E-state index contributed by atoms with van der Waals surface area (Å²) in [6.07, 6.45) is 26.5. The first-order valence-electron chi connectivity index (χ1n) is 30.0. The van der Waals surface area contributed by atoms with E-state index in [1.807, 2.05) is 88.4 Å². The third-order valence-electron chi connectivity index (χ3n) is 15.2. The summed E-state index contributed by atoms with van der Waals surface area (Å²) >= 11 is 0. The number of ketones is 1. The molecule has 0 radical (unpaired) electrons. The fourth-order valence-corrected chi connectivity index (χ4v) is 10.5. The summed E-state index contributed by atoms with van der Waals surface area (Å²) in [6.45, 7) is 16.3. The number of ether oxygens (including phenoxy) is 5. The molecule has 6 aliphatic carbocycles. The number of allylic oxidation sites excluding steroid dienone is 1. The van der Waals surface area contributed by atoms with Crippen LogP contribution in [0.3, 0.4) is 0 Å². The first-order valence-corrected chi connectivity index (χ1v) is 30.0. The van der Waals surface area contributed by atoms with E-state index in [4.69, 9.17) is 55.6 Å². The molecular weight excluding hydrogens is 1150 g/mol. The van der Waals surface area contributed by atoms with E-state index in [1.165, 1.54) is 23.5 Å². The number of terminal acetylenes is 2. The van der Waals surface area contributed by atoms with Crippen LogP contribution in [-0.2, 0) is 58.5 Å². The molecule has 1 aromatic heterocycles. The molecule has 1 heterocycles. The maximum atomic E-state index is 12.2. The number of carbonyl (C=O) groups excluding carboxylic acids is 7. The van der Waals surface area contributed by atoms with Crippen molar-refractivity contribution in [3.63, 3.8) is 0 Å². The van der Waals surface area contributed by atoms with E-state index in [-0.39, 0.29) is 94.4 Å². The summed E-state index contributed by atoms with van der Waals surface area (Å²) < 4.78 is 30.2. The van der Waals surface area contributed by atoms with Gasteiger partial charge in [-0.1, -0.05) is 147 Å². The number of carbonyl (C=O) groups is 5. The Hall–Kier alpha value is -8.32. The topological polar surface area (TPSA) is 219 Å². The third-order valence-corrected chi connectivity index (χ3v) is 15.2. The minimum atomic E-state index is -0.685. The van der Waals surface area contributed by atoms with Crippen LogP contribution < -0.4 is 40.3 Å². The summed E-state index contributed by atoms with van der Waals surface area (Å²) in [4.78, 5) is 85.4. The van der Waals surface area contributed by atoms with Crippen LogP contribution in [0.5, 0.6) is 0 Å². The van der Waals surface area contributed by atoms with Crippen LogP contribution in [0.1, 0.15) is 158 Å².